The Balaban J connectivity index is 1.47. The van der Waals surface area contributed by atoms with Crippen LogP contribution >= 0.6 is 0 Å². The van der Waals surface area contributed by atoms with Crippen LogP contribution in [0.3, 0.4) is 0 Å². The highest BCUT2D eigenvalue weighted by atomic mass is 16.5. The molecular formula is C33H32O9. The van der Waals surface area contributed by atoms with Crippen molar-refractivity contribution in [2.24, 2.45) is 0 Å². The average molecular weight is 573 g/mol. The normalized spacial score (nSPS) is 10.2. The fraction of sp³-hybridized carbons (Fsp3) is 0.212. The molecule has 0 aliphatic carbocycles. The summed E-state index contributed by atoms with van der Waals surface area (Å²) in [7, 11) is 0. The Morgan fingerprint density at radius 1 is 0.667 bits per heavy atom. The Kier molecular flexibility index (Phi) is 12.1. The molecule has 0 spiro atoms. The minimum absolute atomic E-state index is 0.221. The summed E-state index contributed by atoms with van der Waals surface area (Å²) in [5.74, 6) is -0.805. The topological polar surface area (TPSA) is 114 Å². The number of hydrogen-bond acceptors (Lipinski definition) is 9. The van der Waals surface area contributed by atoms with Gasteiger partial charge in [0, 0.05) is 18.6 Å². The standard InChI is InChI=1S/C33H32O9/c1-4-30(34)39-19-6-8-24-9-11-25(12-10-24)32(36)41-28-17-18-29(23(3)22-28)42-33(37)26-13-15-27(16-14-26)38-20-7-21-40-31(35)5-2/h4-5,9-18,22H,1-2,6-8,19-21H2,3H3. The molecule has 3 rings (SSSR count). The van der Waals surface area contributed by atoms with Gasteiger partial charge in [-0.05, 0) is 85.5 Å². The molecule has 3 aromatic rings. The summed E-state index contributed by atoms with van der Waals surface area (Å²) in [6.07, 6.45) is 4.07. The van der Waals surface area contributed by atoms with E-state index in [-0.39, 0.29) is 6.61 Å². The maximum atomic E-state index is 12.6. The predicted molar refractivity (Wildman–Crippen MR) is 155 cm³/mol. The molecule has 0 radical (unpaired) electrons. The van der Waals surface area contributed by atoms with Crippen LogP contribution in [0.1, 0.15) is 44.7 Å². The Morgan fingerprint density at radius 2 is 1.21 bits per heavy atom. The molecule has 0 heterocycles. The van der Waals surface area contributed by atoms with Crippen LogP contribution in [0.2, 0.25) is 0 Å². The lowest BCUT2D eigenvalue weighted by molar-refractivity contribution is -0.138. The van der Waals surface area contributed by atoms with Crippen LogP contribution in [0.5, 0.6) is 17.2 Å². The van der Waals surface area contributed by atoms with E-state index in [0.29, 0.717) is 66.4 Å². The molecule has 9 nitrogen and oxygen atoms in total. The van der Waals surface area contributed by atoms with Gasteiger partial charge >= 0.3 is 23.9 Å². The van der Waals surface area contributed by atoms with Crippen LogP contribution in [-0.2, 0) is 25.5 Å². The van der Waals surface area contributed by atoms with Crippen molar-refractivity contribution in [3.63, 3.8) is 0 Å². The molecule has 0 fully saturated rings. The molecule has 42 heavy (non-hydrogen) atoms. The lowest BCUT2D eigenvalue weighted by Crippen LogP contribution is -2.11. The van der Waals surface area contributed by atoms with Crippen molar-refractivity contribution in [1.29, 1.82) is 0 Å². The van der Waals surface area contributed by atoms with Crippen LogP contribution in [-0.4, -0.2) is 43.7 Å². The number of carbonyl (C=O) groups excluding carboxylic acids is 4. The van der Waals surface area contributed by atoms with E-state index >= 15 is 0 Å². The van der Waals surface area contributed by atoms with Crippen LogP contribution < -0.4 is 14.2 Å². The number of carbonyl (C=O) groups is 4. The molecule has 0 saturated carbocycles. The van der Waals surface area contributed by atoms with E-state index in [4.69, 9.17) is 23.7 Å². The third-order valence-electron chi connectivity index (χ3n) is 5.83. The summed E-state index contributed by atoms with van der Waals surface area (Å²) in [5.41, 5.74) is 2.32. The van der Waals surface area contributed by atoms with Gasteiger partial charge in [-0.15, -0.1) is 0 Å². The zero-order valence-corrected chi connectivity index (χ0v) is 23.3. The summed E-state index contributed by atoms with van der Waals surface area (Å²) in [6.45, 7) is 9.27. The Hall–Kier alpha value is -5.18. The van der Waals surface area contributed by atoms with Crippen LogP contribution in [0.4, 0.5) is 0 Å². The highest BCUT2D eigenvalue weighted by Gasteiger charge is 2.14. The van der Waals surface area contributed by atoms with Gasteiger partial charge in [0.05, 0.1) is 30.9 Å². The Bertz CT molecular complexity index is 1410. The zero-order valence-electron chi connectivity index (χ0n) is 23.3. The van der Waals surface area contributed by atoms with Crippen LogP contribution in [0, 0.1) is 6.92 Å². The molecule has 0 bridgehead atoms. The van der Waals surface area contributed by atoms with Gasteiger partial charge in [0.1, 0.15) is 17.2 Å². The van der Waals surface area contributed by atoms with Crippen molar-refractivity contribution in [2.75, 3.05) is 19.8 Å². The van der Waals surface area contributed by atoms with Gasteiger partial charge in [-0.2, -0.15) is 0 Å². The maximum Gasteiger partial charge on any atom is 0.343 e. The fourth-order valence-electron chi connectivity index (χ4n) is 3.61. The monoisotopic (exact) mass is 572 g/mol. The van der Waals surface area contributed by atoms with Crippen LogP contribution in [0.25, 0.3) is 0 Å². The number of aryl methyl sites for hydroxylation is 2. The molecule has 0 aliphatic heterocycles. The second-order valence-corrected chi connectivity index (χ2v) is 8.98. The van der Waals surface area contributed by atoms with Gasteiger partial charge < -0.3 is 23.7 Å². The van der Waals surface area contributed by atoms with Crippen molar-refractivity contribution < 1.29 is 42.9 Å². The molecule has 218 valence electrons. The van der Waals surface area contributed by atoms with Gasteiger partial charge in [-0.1, -0.05) is 25.3 Å². The molecule has 0 saturated heterocycles. The largest absolute Gasteiger partial charge is 0.493 e. The first-order valence-electron chi connectivity index (χ1n) is 13.2. The smallest absolute Gasteiger partial charge is 0.343 e. The summed E-state index contributed by atoms with van der Waals surface area (Å²) in [4.78, 5) is 47.3. The molecule has 0 atom stereocenters. The molecule has 0 unspecified atom stereocenters. The third-order valence-corrected chi connectivity index (χ3v) is 5.83. The highest BCUT2D eigenvalue weighted by Crippen LogP contribution is 2.25. The first-order chi connectivity index (χ1) is 20.3. The van der Waals surface area contributed by atoms with E-state index < -0.39 is 23.9 Å². The van der Waals surface area contributed by atoms with Crippen molar-refractivity contribution >= 4 is 23.9 Å². The number of ether oxygens (including phenoxy) is 5. The van der Waals surface area contributed by atoms with Gasteiger partial charge in [0.2, 0.25) is 0 Å². The number of hydrogen-bond donors (Lipinski definition) is 0. The number of benzene rings is 3. The average Bonchev–Trinajstić information content (AvgIpc) is 3.00. The van der Waals surface area contributed by atoms with Crippen molar-refractivity contribution in [2.45, 2.75) is 26.2 Å². The van der Waals surface area contributed by atoms with Crippen molar-refractivity contribution in [3.8, 4) is 17.2 Å². The first kappa shape index (κ1) is 31.3. The molecule has 0 amide bonds. The molecular weight excluding hydrogens is 540 g/mol. The van der Waals surface area contributed by atoms with E-state index in [1.54, 1.807) is 61.5 Å². The maximum absolute atomic E-state index is 12.6. The minimum atomic E-state index is -0.551. The van der Waals surface area contributed by atoms with E-state index in [2.05, 4.69) is 13.2 Å². The Morgan fingerprint density at radius 3 is 1.81 bits per heavy atom. The number of rotatable bonds is 15. The molecule has 9 heteroatoms. The predicted octanol–water partition coefficient (Wildman–Crippen LogP) is 5.59. The molecule has 0 aromatic heterocycles. The summed E-state index contributed by atoms with van der Waals surface area (Å²) in [6, 6.07) is 18.2. The van der Waals surface area contributed by atoms with Gasteiger partial charge in [-0.25, -0.2) is 19.2 Å². The zero-order chi connectivity index (χ0) is 30.3. The van der Waals surface area contributed by atoms with E-state index in [0.717, 1.165) is 17.7 Å². The molecule has 3 aromatic carbocycles. The van der Waals surface area contributed by atoms with E-state index in [1.807, 2.05) is 12.1 Å². The summed E-state index contributed by atoms with van der Waals surface area (Å²) in [5, 5.41) is 0. The summed E-state index contributed by atoms with van der Waals surface area (Å²) >= 11 is 0. The van der Waals surface area contributed by atoms with Crippen molar-refractivity contribution in [1.82, 2.24) is 0 Å². The quantitative estimate of drug-likeness (QED) is 0.0994. The van der Waals surface area contributed by atoms with Crippen LogP contribution in [0.15, 0.2) is 92.0 Å². The second kappa shape index (κ2) is 16.2. The SMILES string of the molecule is C=CC(=O)OCCCOc1ccc(C(=O)Oc2ccc(OC(=O)c3ccc(CCCOC(=O)C=C)cc3)cc2C)cc1. The highest BCUT2D eigenvalue weighted by molar-refractivity contribution is 5.92. The molecule has 0 N–H and O–H groups in total. The van der Waals surface area contributed by atoms with E-state index in [1.165, 1.54) is 0 Å². The fourth-order valence-corrected chi connectivity index (χ4v) is 3.61. The summed E-state index contributed by atoms with van der Waals surface area (Å²) < 4.78 is 26.4. The lowest BCUT2D eigenvalue weighted by Gasteiger charge is -2.11. The minimum Gasteiger partial charge on any atom is -0.493 e. The van der Waals surface area contributed by atoms with Gasteiger partial charge in [0.25, 0.3) is 0 Å². The second-order valence-electron chi connectivity index (χ2n) is 8.98. The third kappa shape index (κ3) is 10.1. The van der Waals surface area contributed by atoms with Gasteiger partial charge in [0.15, 0.2) is 0 Å². The Labute approximate surface area is 244 Å². The lowest BCUT2D eigenvalue weighted by atomic mass is 10.1. The molecule has 0 aliphatic rings. The van der Waals surface area contributed by atoms with E-state index in [9.17, 15) is 19.2 Å². The van der Waals surface area contributed by atoms with Crippen molar-refractivity contribution in [3.05, 3.63) is 114 Å². The number of esters is 4. The first-order valence-corrected chi connectivity index (χ1v) is 13.2. The van der Waals surface area contributed by atoms with Gasteiger partial charge in [-0.3, -0.25) is 0 Å².